The van der Waals surface area contributed by atoms with Crippen molar-refractivity contribution in [2.45, 2.75) is 18.9 Å². The van der Waals surface area contributed by atoms with Crippen molar-refractivity contribution in [3.05, 3.63) is 58.6 Å². The zero-order valence-corrected chi connectivity index (χ0v) is 15.5. The molecule has 1 aliphatic rings. The third kappa shape index (κ3) is 3.67. The van der Waals surface area contributed by atoms with Gasteiger partial charge in [-0.2, -0.15) is 0 Å². The fourth-order valence-corrected chi connectivity index (χ4v) is 3.90. The summed E-state index contributed by atoms with van der Waals surface area (Å²) < 4.78 is 6.04. The average molecular weight is 388 g/mol. The zero-order chi connectivity index (χ0) is 18.1. The predicted molar refractivity (Wildman–Crippen MR) is 104 cm³/mol. The Labute approximate surface area is 161 Å². The standard InChI is InChI=1S/C20H17Cl2N2O2/c21-13-9-14(22)11-16(10-13)26-15-5-7-24(8-6-15)19-12-20(25)23-18-4-2-1-3-17(18)19/h1-4,9-12,15H,5-8H2. The van der Waals surface area contributed by atoms with Gasteiger partial charge in [0, 0.05) is 47.4 Å². The van der Waals surface area contributed by atoms with Crippen LogP contribution in [-0.2, 0) is 5.11 Å². The number of fused-ring (bicyclic) bond motifs is 1. The number of ether oxygens (including phenoxy) is 1. The summed E-state index contributed by atoms with van der Waals surface area (Å²) in [6.07, 6.45) is 1.81. The van der Waals surface area contributed by atoms with Gasteiger partial charge in [0.1, 0.15) is 11.9 Å². The Morgan fingerprint density at radius 1 is 1.00 bits per heavy atom. The highest BCUT2D eigenvalue weighted by atomic mass is 35.5. The number of halogens is 2. The second-order valence-corrected chi connectivity index (χ2v) is 7.28. The molecule has 0 amide bonds. The van der Waals surface area contributed by atoms with E-state index in [4.69, 9.17) is 27.9 Å². The van der Waals surface area contributed by atoms with E-state index in [1.165, 1.54) is 0 Å². The average Bonchev–Trinajstić information content (AvgIpc) is 2.61. The first-order chi connectivity index (χ1) is 12.6. The maximum Gasteiger partial charge on any atom is 0.272 e. The topological polar surface area (TPSA) is 45.3 Å². The summed E-state index contributed by atoms with van der Waals surface area (Å²) in [5, 5.41) is 14.1. The molecule has 0 aliphatic carbocycles. The van der Waals surface area contributed by atoms with Crippen LogP contribution in [0.4, 0.5) is 5.69 Å². The molecule has 6 heteroatoms. The Bertz CT molecular complexity index is 920. The minimum Gasteiger partial charge on any atom is -0.490 e. The molecule has 1 radical (unpaired) electrons. The lowest BCUT2D eigenvalue weighted by Gasteiger charge is -2.34. The van der Waals surface area contributed by atoms with Crippen molar-refractivity contribution in [1.29, 1.82) is 0 Å². The van der Waals surface area contributed by atoms with Crippen molar-refractivity contribution >= 4 is 39.8 Å². The molecule has 0 spiro atoms. The van der Waals surface area contributed by atoms with Gasteiger partial charge in [-0.05, 0) is 24.3 Å². The lowest BCUT2D eigenvalue weighted by atomic mass is 10.1. The first-order valence-electron chi connectivity index (χ1n) is 8.53. The van der Waals surface area contributed by atoms with Gasteiger partial charge in [-0.15, -0.1) is 0 Å². The van der Waals surface area contributed by atoms with Crippen molar-refractivity contribution in [2.75, 3.05) is 18.0 Å². The van der Waals surface area contributed by atoms with Crippen LogP contribution in [0.1, 0.15) is 12.8 Å². The van der Waals surface area contributed by atoms with Gasteiger partial charge < -0.3 is 9.64 Å². The number of anilines is 1. The molecule has 0 N–H and O–H groups in total. The van der Waals surface area contributed by atoms with Gasteiger partial charge in [0.15, 0.2) is 0 Å². The summed E-state index contributed by atoms with van der Waals surface area (Å²) in [6, 6.07) is 14.6. The molecule has 1 saturated heterocycles. The number of piperidine rings is 1. The fraction of sp³-hybridized carbons (Fsp3) is 0.250. The predicted octanol–water partition coefficient (Wildman–Crippen LogP) is 5.73. The Kier molecular flexibility index (Phi) is 4.79. The smallest absolute Gasteiger partial charge is 0.272 e. The number of nitrogens with zero attached hydrogens (tertiary/aromatic N) is 2. The van der Waals surface area contributed by atoms with E-state index >= 15 is 0 Å². The summed E-state index contributed by atoms with van der Waals surface area (Å²) in [7, 11) is 0. The number of hydrogen-bond acceptors (Lipinski definition) is 3. The van der Waals surface area contributed by atoms with Gasteiger partial charge in [0.25, 0.3) is 5.88 Å². The summed E-state index contributed by atoms with van der Waals surface area (Å²) >= 11 is 12.1. The Hall–Kier alpha value is -2.17. The van der Waals surface area contributed by atoms with E-state index in [-0.39, 0.29) is 12.0 Å². The second-order valence-electron chi connectivity index (χ2n) is 6.41. The van der Waals surface area contributed by atoms with Crippen LogP contribution in [0.2, 0.25) is 10.0 Å². The van der Waals surface area contributed by atoms with Crippen molar-refractivity contribution in [2.24, 2.45) is 0 Å². The molecule has 1 aromatic heterocycles. The lowest BCUT2D eigenvalue weighted by molar-refractivity contribution is 0.171. The lowest BCUT2D eigenvalue weighted by Crippen LogP contribution is -2.38. The van der Waals surface area contributed by atoms with Crippen molar-refractivity contribution in [1.82, 2.24) is 4.98 Å². The van der Waals surface area contributed by atoms with Gasteiger partial charge in [0.2, 0.25) is 0 Å². The number of pyridine rings is 1. The van der Waals surface area contributed by atoms with Crippen molar-refractivity contribution in [3.63, 3.8) is 0 Å². The molecule has 133 valence electrons. The maximum absolute atomic E-state index is 11.9. The van der Waals surface area contributed by atoms with Crippen LogP contribution >= 0.6 is 23.2 Å². The van der Waals surface area contributed by atoms with E-state index < -0.39 is 0 Å². The normalized spacial score (nSPS) is 15.4. The van der Waals surface area contributed by atoms with Crippen molar-refractivity contribution in [3.8, 4) is 11.6 Å². The molecular formula is C20H17Cl2N2O2. The van der Waals surface area contributed by atoms with E-state index in [2.05, 4.69) is 9.88 Å². The van der Waals surface area contributed by atoms with E-state index in [0.29, 0.717) is 15.8 Å². The van der Waals surface area contributed by atoms with Crippen LogP contribution in [0.3, 0.4) is 0 Å². The molecule has 0 unspecified atom stereocenters. The van der Waals surface area contributed by atoms with Gasteiger partial charge in [-0.25, -0.2) is 4.98 Å². The molecule has 0 saturated carbocycles. The zero-order valence-electron chi connectivity index (χ0n) is 14.0. The van der Waals surface area contributed by atoms with Crippen LogP contribution in [0.5, 0.6) is 11.6 Å². The minimum absolute atomic E-state index is 0.0978. The largest absolute Gasteiger partial charge is 0.490 e. The highest BCUT2D eigenvalue weighted by Gasteiger charge is 2.23. The molecule has 1 fully saturated rings. The summed E-state index contributed by atoms with van der Waals surface area (Å²) in [4.78, 5) is 6.32. The van der Waals surface area contributed by atoms with Crippen LogP contribution in [0, 0.1) is 0 Å². The summed E-state index contributed by atoms with van der Waals surface area (Å²) in [6.45, 7) is 1.62. The number of para-hydroxylation sites is 1. The molecule has 2 heterocycles. The Morgan fingerprint density at radius 3 is 2.42 bits per heavy atom. The van der Waals surface area contributed by atoms with Gasteiger partial charge in [-0.3, -0.25) is 5.11 Å². The van der Waals surface area contributed by atoms with Crippen LogP contribution < -0.4 is 9.64 Å². The first-order valence-corrected chi connectivity index (χ1v) is 9.28. The number of aromatic nitrogens is 1. The molecule has 4 rings (SSSR count). The minimum atomic E-state index is -0.203. The quantitative estimate of drug-likeness (QED) is 0.575. The molecule has 26 heavy (non-hydrogen) atoms. The van der Waals surface area contributed by atoms with Gasteiger partial charge in [0.05, 0.1) is 11.2 Å². The van der Waals surface area contributed by atoms with Crippen LogP contribution in [0.25, 0.3) is 10.9 Å². The molecule has 2 aromatic carbocycles. The number of hydrogen-bond donors (Lipinski definition) is 0. The first kappa shape index (κ1) is 17.3. The van der Waals surface area contributed by atoms with E-state index in [1.54, 1.807) is 24.3 Å². The number of rotatable bonds is 3. The molecule has 4 nitrogen and oxygen atoms in total. The Balaban J connectivity index is 1.49. The van der Waals surface area contributed by atoms with Crippen LogP contribution in [-0.4, -0.2) is 24.2 Å². The highest BCUT2D eigenvalue weighted by Crippen LogP contribution is 2.32. The summed E-state index contributed by atoms with van der Waals surface area (Å²) in [5.74, 6) is 0.489. The third-order valence-electron chi connectivity index (χ3n) is 4.59. The monoisotopic (exact) mass is 387 g/mol. The van der Waals surface area contributed by atoms with E-state index in [0.717, 1.165) is 42.5 Å². The molecule has 0 bridgehead atoms. The van der Waals surface area contributed by atoms with Gasteiger partial charge >= 0.3 is 0 Å². The molecule has 0 atom stereocenters. The fourth-order valence-electron chi connectivity index (χ4n) is 3.40. The molecular weight excluding hydrogens is 371 g/mol. The Morgan fingerprint density at radius 2 is 1.69 bits per heavy atom. The third-order valence-corrected chi connectivity index (χ3v) is 5.03. The molecule has 3 aromatic rings. The maximum atomic E-state index is 11.9. The second kappa shape index (κ2) is 7.22. The van der Waals surface area contributed by atoms with Crippen LogP contribution in [0.15, 0.2) is 48.5 Å². The van der Waals surface area contributed by atoms with E-state index in [1.807, 2.05) is 24.3 Å². The number of benzene rings is 2. The van der Waals surface area contributed by atoms with Gasteiger partial charge in [-0.1, -0.05) is 41.4 Å². The molecule has 1 aliphatic heterocycles. The summed E-state index contributed by atoms with van der Waals surface area (Å²) in [5.41, 5.74) is 1.69. The highest BCUT2D eigenvalue weighted by molar-refractivity contribution is 6.34. The van der Waals surface area contributed by atoms with Crippen molar-refractivity contribution < 1.29 is 9.84 Å². The SMILES string of the molecule is [O]c1cc(N2CCC(Oc3cc(Cl)cc(Cl)c3)CC2)c2ccccc2n1. The van der Waals surface area contributed by atoms with E-state index in [9.17, 15) is 5.11 Å².